The lowest BCUT2D eigenvalue weighted by molar-refractivity contribution is 0.0416. The molecule has 0 aliphatic carbocycles. The topological polar surface area (TPSA) is 93.9 Å². The molecule has 0 radical (unpaired) electrons. The van der Waals surface area contributed by atoms with Crippen molar-refractivity contribution in [1.82, 2.24) is 10.6 Å². The second-order valence-electron chi connectivity index (χ2n) is 7.85. The van der Waals surface area contributed by atoms with Crippen LogP contribution in [-0.2, 0) is 9.47 Å². The van der Waals surface area contributed by atoms with Gasteiger partial charge in [0.25, 0.3) is 5.88 Å². The average Bonchev–Trinajstić information content (AvgIpc) is 2.99. The van der Waals surface area contributed by atoms with Crippen molar-refractivity contribution in [2.45, 2.75) is 52.7 Å². The molecule has 2 amide bonds. The summed E-state index contributed by atoms with van der Waals surface area (Å²) in [6.45, 7) is 10.3. The van der Waals surface area contributed by atoms with Crippen molar-refractivity contribution in [1.29, 1.82) is 0 Å². The lowest BCUT2D eigenvalue weighted by Crippen LogP contribution is -2.50. The highest BCUT2D eigenvalue weighted by atomic mass is 16.6. The smallest absolute Gasteiger partial charge is 0.436 e. The molecule has 2 aromatic rings. The second-order valence-corrected chi connectivity index (χ2v) is 7.85. The van der Waals surface area contributed by atoms with Gasteiger partial charge in [-0.1, -0.05) is 35.5 Å². The summed E-state index contributed by atoms with van der Waals surface area (Å²) in [5.41, 5.74) is 2.14. The zero-order valence-electron chi connectivity index (χ0n) is 16.4. The second kappa shape index (κ2) is 7.69. The van der Waals surface area contributed by atoms with Gasteiger partial charge in [0.05, 0.1) is 0 Å². The number of benzene rings is 1. The molecule has 0 aliphatic heterocycles. The van der Waals surface area contributed by atoms with Gasteiger partial charge in [-0.2, -0.15) is 0 Å². The lowest BCUT2D eigenvalue weighted by atomic mass is 10.1. The molecule has 0 fully saturated rings. The van der Waals surface area contributed by atoms with Gasteiger partial charge in [0.1, 0.15) is 16.9 Å². The number of rotatable bonds is 2. The number of ether oxygens (including phenoxy) is 2. The van der Waals surface area contributed by atoms with Crippen LogP contribution in [0.2, 0.25) is 0 Å². The van der Waals surface area contributed by atoms with Crippen LogP contribution in [0.1, 0.15) is 41.5 Å². The largest absolute Gasteiger partial charge is 0.443 e. The summed E-state index contributed by atoms with van der Waals surface area (Å²) in [5.74, 6) is -0.00559. The van der Waals surface area contributed by atoms with Gasteiger partial charge in [-0.15, -0.1) is 5.01 Å². The number of carbonyl (C=O) groups excluding carboxylic acids is 2. The number of nitrogens with one attached hydrogen (secondary N) is 1. The first-order valence-electron chi connectivity index (χ1n) is 8.49. The minimum Gasteiger partial charge on any atom is -0.443 e. The number of carbonyl (C=O) groups is 2. The van der Waals surface area contributed by atoms with Crippen LogP contribution >= 0.6 is 0 Å². The maximum Gasteiger partial charge on any atom is 0.436 e. The van der Waals surface area contributed by atoms with E-state index in [1.165, 1.54) is 6.07 Å². The molecular weight excluding hydrogens is 350 g/mol. The highest BCUT2D eigenvalue weighted by Crippen LogP contribution is 2.24. The maximum atomic E-state index is 12.6. The van der Waals surface area contributed by atoms with E-state index < -0.39 is 23.4 Å². The predicted molar refractivity (Wildman–Crippen MR) is 100 cm³/mol. The van der Waals surface area contributed by atoms with Crippen molar-refractivity contribution in [3.63, 3.8) is 0 Å². The van der Waals surface area contributed by atoms with Crippen LogP contribution in [0.4, 0.5) is 15.5 Å². The van der Waals surface area contributed by atoms with E-state index in [-0.39, 0.29) is 5.88 Å². The van der Waals surface area contributed by atoms with Gasteiger partial charge in [0.15, 0.2) is 0 Å². The van der Waals surface area contributed by atoms with E-state index in [1.807, 2.05) is 30.3 Å². The van der Waals surface area contributed by atoms with E-state index in [1.54, 1.807) is 41.5 Å². The van der Waals surface area contributed by atoms with Crippen molar-refractivity contribution >= 4 is 18.1 Å². The summed E-state index contributed by atoms with van der Waals surface area (Å²) < 4.78 is 15.8. The van der Waals surface area contributed by atoms with E-state index in [2.05, 4.69) is 10.6 Å². The van der Waals surface area contributed by atoms with Crippen molar-refractivity contribution in [3.05, 3.63) is 36.4 Å². The van der Waals surface area contributed by atoms with Gasteiger partial charge < -0.3 is 14.0 Å². The van der Waals surface area contributed by atoms with Crippen LogP contribution in [-0.4, -0.2) is 28.5 Å². The molecule has 0 aliphatic rings. The number of aromatic nitrogens is 1. The Kier molecular flexibility index (Phi) is 5.78. The molecule has 146 valence electrons. The highest BCUT2D eigenvalue weighted by Gasteiger charge is 2.30. The third-order valence-electron chi connectivity index (χ3n) is 2.97. The fourth-order valence-electron chi connectivity index (χ4n) is 2.01. The molecule has 0 spiro atoms. The first kappa shape index (κ1) is 20.3. The van der Waals surface area contributed by atoms with Gasteiger partial charge in [0, 0.05) is 11.6 Å². The Morgan fingerprint density at radius 2 is 1.59 bits per heavy atom. The number of anilines is 1. The van der Waals surface area contributed by atoms with Crippen LogP contribution in [0.5, 0.6) is 0 Å². The average molecular weight is 375 g/mol. The number of nitrogens with zero attached hydrogens (tertiary/aromatic N) is 2. The van der Waals surface area contributed by atoms with Gasteiger partial charge in [-0.05, 0) is 41.5 Å². The summed E-state index contributed by atoms with van der Waals surface area (Å²) in [7, 11) is 0. The zero-order valence-corrected chi connectivity index (χ0v) is 16.4. The lowest BCUT2D eigenvalue weighted by Gasteiger charge is -2.26. The number of amides is 2. The molecule has 8 heteroatoms. The molecule has 1 heterocycles. The van der Waals surface area contributed by atoms with Gasteiger partial charge in [-0.3, -0.25) is 0 Å². The van der Waals surface area contributed by atoms with E-state index in [0.717, 1.165) is 10.6 Å². The number of hydrogen-bond acceptors (Lipinski definition) is 6. The van der Waals surface area contributed by atoms with Crippen LogP contribution < -0.4 is 10.4 Å². The van der Waals surface area contributed by atoms with Gasteiger partial charge in [-0.25, -0.2) is 15.0 Å². The Morgan fingerprint density at radius 3 is 2.15 bits per heavy atom. The molecular formula is C19H25N3O5. The van der Waals surface area contributed by atoms with Crippen molar-refractivity contribution in [2.75, 3.05) is 5.01 Å². The minimum atomic E-state index is -0.830. The van der Waals surface area contributed by atoms with Crippen LogP contribution in [0.15, 0.2) is 40.9 Å². The van der Waals surface area contributed by atoms with E-state index in [4.69, 9.17) is 14.0 Å². The third-order valence-corrected chi connectivity index (χ3v) is 2.97. The van der Waals surface area contributed by atoms with Crippen LogP contribution in [0.25, 0.3) is 11.3 Å². The predicted octanol–water partition coefficient (Wildman–Crippen LogP) is 4.52. The Bertz CT molecular complexity index is 788. The maximum absolute atomic E-state index is 12.6. The molecule has 0 atom stereocenters. The quantitative estimate of drug-likeness (QED) is 0.776. The van der Waals surface area contributed by atoms with E-state index in [9.17, 15) is 9.59 Å². The van der Waals surface area contributed by atoms with E-state index in [0.29, 0.717) is 5.69 Å². The Hall–Kier alpha value is -3.03. The molecule has 0 bridgehead atoms. The summed E-state index contributed by atoms with van der Waals surface area (Å²) in [5, 5.41) is 4.78. The molecule has 1 aromatic carbocycles. The summed E-state index contributed by atoms with van der Waals surface area (Å²) in [4.78, 5) is 24.7. The molecule has 1 aromatic heterocycles. The SMILES string of the molecule is CC(C)(C)OC(=O)NN(C(=O)OC(C)(C)C)c1cc(-c2ccccc2)no1. The molecule has 0 saturated carbocycles. The minimum absolute atomic E-state index is 0.00559. The van der Waals surface area contributed by atoms with Crippen LogP contribution in [0.3, 0.4) is 0 Å². The van der Waals surface area contributed by atoms with Crippen LogP contribution in [0, 0.1) is 0 Å². The molecule has 8 nitrogen and oxygen atoms in total. The third kappa shape index (κ3) is 6.32. The Balaban J connectivity index is 2.28. The fraction of sp³-hybridized carbons (Fsp3) is 0.421. The first-order valence-corrected chi connectivity index (χ1v) is 8.49. The van der Waals surface area contributed by atoms with Crippen molar-refractivity contribution in [3.8, 4) is 11.3 Å². The fourth-order valence-corrected chi connectivity index (χ4v) is 2.01. The molecule has 0 unspecified atom stereocenters. The van der Waals surface area contributed by atoms with Gasteiger partial charge in [0.2, 0.25) is 0 Å². The molecule has 2 rings (SSSR count). The highest BCUT2D eigenvalue weighted by molar-refractivity contribution is 5.89. The molecule has 0 saturated heterocycles. The van der Waals surface area contributed by atoms with Crippen molar-refractivity contribution in [2.24, 2.45) is 0 Å². The summed E-state index contributed by atoms with van der Waals surface area (Å²) in [6, 6.07) is 10.8. The number of hydrazine groups is 1. The number of hydrogen-bond donors (Lipinski definition) is 1. The van der Waals surface area contributed by atoms with Gasteiger partial charge >= 0.3 is 12.2 Å². The standard InChI is InChI=1S/C19H25N3O5/c1-18(2,3)25-16(23)20-22(17(24)26-19(4,5)6)15-12-14(21-27-15)13-10-8-7-9-11-13/h7-12H,1-6H3,(H,20,23). The summed E-state index contributed by atoms with van der Waals surface area (Å²) in [6.07, 6.45) is -1.66. The monoisotopic (exact) mass is 375 g/mol. The Labute approximate surface area is 158 Å². The Morgan fingerprint density at radius 1 is 1.00 bits per heavy atom. The molecule has 27 heavy (non-hydrogen) atoms. The molecule has 1 N–H and O–H groups in total. The summed E-state index contributed by atoms with van der Waals surface area (Å²) >= 11 is 0. The normalized spacial score (nSPS) is 11.6. The first-order chi connectivity index (χ1) is 12.4. The van der Waals surface area contributed by atoms with Crippen molar-refractivity contribution < 1.29 is 23.6 Å². The van der Waals surface area contributed by atoms with E-state index >= 15 is 0 Å². The zero-order chi connectivity index (χ0) is 20.2.